The fraction of sp³-hybridized carbons (Fsp3) is 0.409. The van der Waals surface area contributed by atoms with E-state index in [2.05, 4.69) is 34.1 Å². The van der Waals surface area contributed by atoms with Crippen LogP contribution in [0.4, 0.5) is 0 Å². The maximum absolute atomic E-state index is 13.0. The predicted octanol–water partition coefficient (Wildman–Crippen LogP) is 2.75. The first-order valence-corrected chi connectivity index (χ1v) is 9.71. The van der Waals surface area contributed by atoms with Crippen molar-refractivity contribution in [1.82, 2.24) is 14.8 Å². The molecule has 0 aliphatic carbocycles. The molecule has 0 unspecified atom stereocenters. The highest BCUT2D eigenvalue weighted by molar-refractivity contribution is 5.94. The monoisotopic (exact) mass is 381 g/mol. The standard InChI is InChI=1S/C22H27N3O3/c1-28-21(26)11-15-25(22(27)19-8-5-12-23-16-19)20-9-13-24(14-10-20)17-18-6-3-2-4-7-18/h2-8,12,16,20H,9-11,13-15,17H2,1H3. The normalized spacial score (nSPS) is 15.2. The number of likely N-dealkylation sites (tertiary alicyclic amines) is 1. The SMILES string of the molecule is COC(=O)CCN(C(=O)c1cccnc1)C1CCN(Cc2ccccc2)CC1. The molecular formula is C22H27N3O3. The summed E-state index contributed by atoms with van der Waals surface area (Å²) in [5.74, 6) is -0.371. The Morgan fingerprint density at radius 3 is 2.54 bits per heavy atom. The number of benzene rings is 1. The highest BCUT2D eigenvalue weighted by Crippen LogP contribution is 2.21. The van der Waals surface area contributed by atoms with Crippen LogP contribution in [0.5, 0.6) is 0 Å². The Bertz CT molecular complexity index is 759. The van der Waals surface area contributed by atoms with Crippen LogP contribution in [0.15, 0.2) is 54.9 Å². The molecule has 0 saturated carbocycles. The zero-order chi connectivity index (χ0) is 19.8. The van der Waals surface area contributed by atoms with Gasteiger partial charge in [-0.2, -0.15) is 0 Å². The fourth-order valence-electron chi connectivity index (χ4n) is 3.65. The second-order valence-electron chi connectivity index (χ2n) is 7.06. The van der Waals surface area contributed by atoms with Crippen LogP contribution in [0.1, 0.15) is 35.2 Å². The summed E-state index contributed by atoms with van der Waals surface area (Å²) >= 11 is 0. The molecule has 1 aliphatic rings. The maximum Gasteiger partial charge on any atom is 0.307 e. The van der Waals surface area contributed by atoms with Gasteiger partial charge in [-0.05, 0) is 30.5 Å². The van der Waals surface area contributed by atoms with Gasteiger partial charge in [0.05, 0.1) is 19.1 Å². The summed E-state index contributed by atoms with van der Waals surface area (Å²) in [4.78, 5) is 33.0. The van der Waals surface area contributed by atoms with Gasteiger partial charge in [0.25, 0.3) is 5.91 Å². The van der Waals surface area contributed by atoms with Crippen LogP contribution < -0.4 is 0 Å². The molecule has 3 rings (SSSR count). The Balaban J connectivity index is 1.63. The molecule has 1 fully saturated rings. The van der Waals surface area contributed by atoms with E-state index in [1.807, 2.05) is 11.0 Å². The Kier molecular flexibility index (Phi) is 7.14. The molecule has 1 aromatic heterocycles. The van der Waals surface area contributed by atoms with Gasteiger partial charge in [-0.3, -0.25) is 19.5 Å². The van der Waals surface area contributed by atoms with Crippen molar-refractivity contribution in [3.63, 3.8) is 0 Å². The van der Waals surface area contributed by atoms with Crippen LogP contribution in [0.2, 0.25) is 0 Å². The largest absolute Gasteiger partial charge is 0.469 e. The van der Waals surface area contributed by atoms with Crippen LogP contribution >= 0.6 is 0 Å². The quantitative estimate of drug-likeness (QED) is 0.690. The summed E-state index contributed by atoms with van der Waals surface area (Å²) in [5, 5.41) is 0. The van der Waals surface area contributed by atoms with Crippen molar-refractivity contribution in [3.8, 4) is 0 Å². The van der Waals surface area contributed by atoms with Gasteiger partial charge >= 0.3 is 5.97 Å². The lowest BCUT2D eigenvalue weighted by atomic mass is 10.0. The van der Waals surface area contributed by atoms with Crippen molar-refractivity contribution in [1.29, 1.82) is 0 Å². The number of esters is 1. The number of hydrogen-bond acceptors (Lipinski definition) is 5. The lowest BCUT2D eigenvalue weighted by molar-refractivity contribution is -0.140. The minimum absolute atomic E-state index is 0.0708. The summed E-state index contributed by atoms with van der Waals surface area (Å²) < 4.78 is 4.76. The zero-order valence-electron chi connectivity index (χ0n) is 16.3. The molecule has 28 heavy (non-hydrogen) atoms. The van der Waals surface area contributed by atoms with Crippen molar-refractivity contribution in [2.75, 3.05) is 26.7 Å². The Labute approximate surface area is 166 Å². The van der Waals surface area contributed by atoms with E-state index < -0.39 is 0 Å². The Morgan fingerprint density at radius 1 is 1.14 bits per heavy atom. The number of rotatable bonds is 7. The van der Waals surface area contributed by atoms with Crippen LogP contribution in [-0.2, 0) is 16.1 Å². The van der Waals surface area contributed by atoms with E-state index in [0.717, 1.165) is 32.5 Å². The number of pyridine rings is 1. The number of hydrogen-bond donors (Lipinski definition) is 0. The third-order valence-electron chi connectivity index (χ3n) is 5.20. The van der Waals surface area contributed by atoms with Gasteiger partial charge < -0.3 is 9.64 Å². The van der Waals surface area contributed by atoms with E-state index in [0.29, 0.717) is 12.1 Å². The van der Waals surface area contributed by atoms with E-state index in [1.165, 1.54) is 12.7 Å². The second kappa shape index (κ2) is 9.99. The lowest BCUT2D eigenvalue weighted by Crippen LogP contribution is -2.48. The number of carbonyl (C=O) groups is 2. The van der Waals surface area contributed by atoms with Gasteiger partial charge in [-0.15, -0.1) is 0 Å². The number of nitrogens with zero attached hydrogens (tertiary/aromatic N) is 3. The molecule has 1 amide bonds. The van der Waals surface area contributed by atoms with Crippen LogP contribution in [0.25, 0.3) is 0 Å². The number of piperidine rings is 1. The Hall–Kier alpha value is -2.73. The van der Waals surface area contributed by atoms with Gasteiger partial charge in [0.15, 0.2) is 0 Å². The molecule has 0 atom stereocenters. The minimum atomic E-state index is -0.300. The van der Waals surface area contributed by atoms with Crippen LogP contribution in [0, 0.1) is 0 Å². The average molecular weight is 381 g/mol. The molecule has 1 aromatic carbocycles. The lowest BCUT2D eigenvalue weighted by Gasteiger charge is -2.38. The summed E-state index contributed by atoms with van der Waals surface area (Å²) in [7, 11) is 1.37. The highest BCUT2D eigenvalue weighted by Gasteiger charge is 2.29. The molecule has 2 aromatic rings. The van der Waals surface area contributed by atoms with Gasteiger partial charge in [0, 0.05) is 44.6 Å². The van der Waals surface area contributed by atoms with Crippen molar-refractivity contribution in [2.24, 2.45) is 0 Å². The fourth-order valence-corrected chi connectivity index (χ4v) is 3.65. The van der Waals surface area contributed by atoms with Gasteiger partial charge in [-0.1, -0.05) is 30.3 Å². The maximum atomic E-state index is 13.0. The number of carbonyl (C=O) groups excluding carboxylic acids is 2. The number of methoxy groups -OCH3 is 1. The first-order valence-electron chi connectivity index (χ1n) is 9.71. The molecule has 2 heterocycles. The van der Waals surface area contributed by atoms with Crippen molar-refractivity contribution < 1.29 is 14.3 Å². The zero-order valence-corrected chi connectivity index (χ0v) is 16.3. The van der Waals surface area contributed by atoms with Crippen molar-refractivity contribution >= 4 is 11.9 Å². The van der Waals surface area contributed by atoms with Gasteiger partial charge in [0.1, 0.15) is 0 Å². The predicted molar refractivity (Wildman–Crippen MR) is 107 cm³/mol. The molecule has 0 bridgehead atoms. The molecule has 148 valence electrons. The van der Waals surface area contributed by atoms with E-state index >= 15 is 0 Å². The molecule has 0 N–H and O–H groups in total. The molecule has 0 spiro atoms. The number of aromatic nitrogens is 1. The third kappa shape index (κ3) is 5.39. The first-order chi connectivity index (χ1) is 13.7. The van der Waals surface area contributed by atoms with E-state index in [1.54, 1.807) is 24.5 Å². The summed E-state index contributed by atoms with van der Waals surface area (Å²) in [5.41, 5.74) is 1.86. The minimum Gasteiger partial charge on any atom is -0.469 e. The van der Waals surface area contributed by atoms with Crippen molar-refractivity contribution in [2.45, 2.75) is 31.8 Å². The topological polar surface area (TPSA) is 62.7 Å². The molecule has 1 saturated heterocycles. The van der Waals surface area contributed by atoms with E-state index in [9.17, 15) is 9.59 Å². The van der Waals surface area contributed by atoms with E-state index in [-0.39, 0.29) is 24.3 Å². The number of amides is 1. The Morgan fingerprint density at radius 2 is 1.89 bits per heavy atom. The molecule has 6 nitrogen and oxygen atoms in total. The third-order valence-corrected chi connectivity index (χ3v) is 5.20. The molecular weight excluding hydrogens is 354 g/mol. The van der Waals surface area contributed by atoms with Crippen LogP contribution in [0.3, 0.4) is 0 Å². The molecule has 0 radical (unpaired) electrons. The van der Waals surface area contributed by atoms with Crippen LogP contribution in [-0.4, -0.2) is 59.4 Å². The first kappa shape index (κ1) is 20.0. The summed E-state index contributed by atoms with van der Waals surface area (Å²) in [6.07, 6.45) is 5.21. The van der Waals surface area contributed by atoms with E-state index in [4.69, 9.17) is 4.74 Å². The summed E-state index contributed by atoms with van der Waals surface area (Å²) in [6.45, 7) is 3.14. The molecule has 1 aliphatic heterocycles. The number of ether oxygens (including phenoxy) is 1. The smallest absolute Gasteiger partial charge is 0.307 e. The highest BCUT2D eigenvalue weighted by atomic mass is 16.5. The molecule has 6 heteroatoms. The summed E-state index contributed by atoms with van der Waals surface area (Å²) in [6, 6.07) is 14.1. The van der Waals surface area contributed by atoms with Gasteiger partial charge in [0.2, 0.25) is 0 Å². The average Bonchev–Trinajstić information content (AvgIpc) is 2.76. The second-order valence-corrected chi connectivity index (χ2v) is 7.06. The van der Waals surface area contributed by atoms with Crippen molar-refractivity contribution in [3.05, 3.63) is 66.0 Å². The van der Waals surface area contributed by atoms with Gasteiger partial charge in [-0.25, -0.2) is 0 Å².